The van der Waals surface area contributed by atoms with Crippen molar-refractivity contribution < 1.29 is 44.2 Å². The summed E-state index contributed by atoms with van der Waals surface area (Å²) in [5.74, 6) is -1.74. The zero-order valence-corrected chi connectivity index (χ0v) is 13.3. The molecule has 0 amide bonds. The number of aliphatic hydroxyl groups excluding tert-OH is 2. The average molecular weight is 340 g/mol. The number of rotatable bonds is 15. The highest BCUT2D eigenvalue weighted by atomic mass is 16.5. The van der Waals surface area contributed by atoms with Crippen LogP contribution in [0, 0.1) is 0 Å². The van der Waals surface area contributed by atoms with E-state index in [9.17, 15) is 9.59 Å². The second kappa shape index (κ2) is 20.7. The summed E-state index contributed by atoms with van der Waals surface area (Å²) < 4.78 is 15.0. The molecule has 138 valence electrons. The lowest BCUT2D eigenvalue weighted by atomic mass is 10.2. The zero-order valence-electron chi connectivity index (χ0n) is 13.3. The molecule has 0 aromatic heterocycles. The molecule has 0 aromatic carbocycles. The second-order valence-corrected chi connectivity index (χ2v) is 4.28. The van der Waals surface area contributed by atoms with Gasteiger partial charge in [0.25, 0.3) is 0 Å². The van der Waals surface area contributed by atoms with E-state index in [0.29, 0.717) is 52.5 Å². The van der Waals surface area contributed by atoms with Crippen LogP contribution in [-0.2, 0) is 23.8 Å². The number of carboxylic acid groups (broad SMARTS) is 2. The molecular formula is C14H28O9. The number of aliphatic hydroxyl groups is 2. The van der Waals surface area contributed by atoms with Crippen molar-refractivity contribution >= 4 is 11.9 Å². The van der Waals surface area contributed by atoms with Crippen molar-refractivity contribution in [2.75, 3.05) is 52.9 Å². The fourth-order valence-corrected chi connectivity index (χ4v) is 1.22. The molecule has 0 fully saturated rings. The Labute approximate surface area is 135 Å². The fourth-order valence-electron chi connectivity index (χ4n) is 1.22. The van der Waals surface area contributed by atoms with Crippen LogP contribution in [0.5, 0.6) is 0 Å². The van der Waals surface area contributed by atoms with Crippen LogP contribution in [0.4, 0.5) is 0 Å². The van der Waals surface area contributed by atoms with E-state index in [1.54, 1.807) is 0 Å². The molecule has 0 aliphatic carbocycles. The maximum atomic E-state index is 9.90. The molecule has 0 aliphatic heterocycles. The lowest BCUT2D eigenvalue weighted by Gasteiger charge is -2.04. The molecular weight excluding hydrogens is 312 g/mol. The minimum Gasteiger partial charge on any atom is -0.481 e. The fraction of sp³-hybridized carbons (Fsp3) is 0.857. The highest BCUT2D eigenvalue weighted by Gasteiger charge is 1.99. The third-order valence-electron chi connectivity index (χ3n) is 2.25. The van der Waals surface area contributed by atoms with Gasteiger partial charge in [0, 0.05) is 12.8 Å². The summed E-state index contributed by atoms with van der Waals surface area (Å²) in [4.78, 5) is 19.8. The molecule has 0 saturated carbocycles. The Balaban J connectivity index is 0. The van der Waals surface area contributed by atoms with Crippen LogP contribution in [0.3, 0.4) is 0 Å². The van der Waals surface area contributed by atoms with Crippen molar-refractivity contribution in [2.24, 2.45) is 0 Å². The predicted octanol–water partition coefficient (Wildman–Crippen LogP) is -0.263. The van der Waals surface area contributed by atoms with Crippen molar-refractivity contribution in [1.29, 1.82) is 0 Å². The van der Waals surface area contributed by atoms with Crippen molar-refractivity contribution in [3.8, 4) is 0 Å². The molecule has 9 nitrogen and oxygen atoms in total. The lowest BCUT2D eigenvalue weighted by molar-refractivity contribution is -0.139. The van der Waals surface area contributed by atoms with Gasteiger partial charge in [0.15, 0.2) is 0 Å². The molecule has 0 unspecified atom stereocenters. The SMILES string of the molecule is O=C(O)CCCCC(=O)O.OCCOCCOCCOCCO. The molecule has 0 aromatic rings. The van der Waals surface area contributed by atoms with Gasteiger partial charge in [-0.3, -0.25) is 9.59 Å². The highest BCUT2D eigenvalue weighted by molar-refractivity contribution is 5.67. The van der Waals surface area contributed by atoms with E-state index in [1.165, 1.54) is 0 Å². The Bertz CT molecular complexity index is 245. The quantitative estimate of drug-likeness (QED) is 0.296. The standard InChI is InChI=1S/C8H18O5.C6H10O4/c9-1-3-11-5-7-13-8-6-12-4-2-10;7-5(8)3-1-2-4-6(9)10/h9-10H,1-8H2;1-4H2,(H,7,8)(H,9,10). The number of carboxylic acids is 2. The molecule has 0 spiro atoms. The summed E-state index contributed by atoms with van der Waals surface area (Å²) in [6.45, 7) is 2.76. The van der Waals surface area contributed by atoms with Gasteiger partial charge in [-0.25, -0.2) is 0 Å². The molecule has 0 heterocycles. The van der Waals surface area contributed by atoms with Crippen LogP contribution in [0.2, 0.25) is 0 Å². The Morgan fingerprint density at radius 1 is 0.609 bits per heavy atom. The molecule has 0 radical (unpaired) electrons. The lowest BCUT2D eigenvalue weighted by Crippen LogP contribution is -2.11. The van der Waals surface area contributed by atoms with Crippen molar-refractivity contribution in [2.45, 2.75) is 25.7 Å². The summed E-state index contributed by atoms with van der Waals surface area (Å²) in [5.41, 5.74) is 0. The van der Waals surface area contributed by atoms with E-state index in [2.05, 4.69) is 0 Å². The van der Waals surface area contributed by atoms with Crippen LogP contribution < -0.4 is 0 Å². The third-order valence-corrected chi connectivity index (χ3v) is 2.25. The van der Waals surface area contributed by atoms with E-state index < -0.39 is 11.9 Å². The summed E-state index contributed by atoms with van der Waals surface area (Å²) in [6, 6.07) is 0. The maximum Gasteiger partial charge on any atom is 0.303 e. The first kappa shape index (κ1) is 24.0. The van der Waals surface area contributed by atoms with Gasteiger partial charge in [-0.15, -0.1) is 0 Å². The van der Waals surface area contributed by atoms with Crippen molar-refractivity contribution in [3.05, 3.63) is 0 Å². The molecule has 9 heteroatoms. The first-order valence-electron chi connectivity index (χ1n) is 7.43. The first-order chi connectivity index (χ1) is 11.0. The van der Waals surface area contributed by atoms with E-state index in [1.807, 2.05) is 0 Å². The minimum atomic E-state index is -0.870. The number of ether oxygens (including phenoxy) is 3. The van der Waals surface area contributed by atoms with Crippen LogP contribution >= 0.6 is 0 Å². The predicted molar refractivity (Wildman–Crippen MR) is 80.4 cm³/mol. The number of aliphatic carboxylic acids is 2. The third kappa shape index (κ3) is 29.4. The molecule has 0 aliphatic rings. The molecule has 0 saturated heterocycles. The van der Waals surface area contributed by atoms with Gasteiger partial charge in [-0.1, -0.05) is 0 Å². The first-order valence-corrected chi connectivity index (χ1v) is 7.43. The zero-order chi connectivity index (χ0) is 17.8. The van der Waals surface area contributed by atoms with Crippen LogP contribution in [0.1, 0.15) is 25.7 Å². The van der Waals surface area contributed by atoms with Gasteiger partial charge in [0.2, 0.25) is 0 Å². The number of hydrogen-bond acceptors (Lipinski definition) is 7. The number of hydrogen-bond donors (Lipinski definition) is 4. The van der Waals surface area contributed by atoms with Crippen LogP contribution in [0.15, 0.2) is 0 Å². The maximum absolute atomic E-state index is 9.90. The second-order valence-electron chi connectivity index (χ2n) is 4.28. The summed E-state index contributed by atoms with van der Waals surface area (Å²) in [6.07, 6.45) is 1.02. The van der Waals surface area contributed by atoms with Crippen LogP contribution in [-0.4, -0.2) is 85.2 Å². The molecule has 4 N–H and O–H groups in total. The molecule has 0 rings (SSSR count). The summed E-state index contributed by atoms with van der Waals surface area (Å²) in [5, 5.41) is 33.0. The van der Waals surface area contributed by atoms with Gasteiger partial charge < -0.3 is 34.6 Å². The van der Waals surface area contributed by atoms with Gasteiger partial charge in [0.05, 0.1) is 52.9 Å². The minimum absolute atomic E-state index is 0.0413. The Morgan fingerprint density at radius 2 is 0.913 bits per heavy atom. The van der Waals surface area contributed by atoms with E-state index >= 15 is 0 Å². The normalized spacial score (nSPS) is 10.0. The number of carbonyl (C=O) groups is 2. The van der Waals surface area contributed by atoms with Crippen molar-refractivity contribution in [3.63, 3.8) is 0 Å². The van der Waals surface area contributed by atoms with E-state index in [0.717, 1.165) is 0 Å². The monoisotopic (exact) mass is 340 g/mol. The average Bonchev–Trinajstić information content (AvgIpc) is 2.50. The van der Waals surface area contributed by atoms with E-state index in [4.69, 9.17) is 34.6 Å². The molecule has 23 heavy (non-hydrogen) atoms. The Kier molecular flexibility index (Phi) is 21.6. The van der Waals surface area contributed by atoms with E-state index in [-0.39, 0.29) is 26.1 Å². The van der Waals surface area contributed by atoms with Crippen molar-refractivity contribution in [1.82, 2.24) is 0 Å². The van der Waals surface area contributed by atoms with Gasteiger partial charge >= 0.3 is 11.9 Å². The summed E-state index contributed by atoms with van der Waals surface area (Å²) >= 11 is 0. The topological polar surface area (TPSA) is 143 Å². The Hall–Kier alpha value is -1.26. The van der Waals surface area contributed by atoms with Crippen LogP contribution in [0.25, 0.3) is 0 Å². The largest absolute Gasteiger partial charge is 0.481 e. The van der Waals surface area contributed by atoms with Gasteiger partial charge in [0.1, 0.15) is 0 Å². The van der Waals surface area contributed by atoms with Gasteiger partial charge in [-0.2, -0.15) is 0 Å². The Morgan fingerprint density at radius 3 is 1.17 bits per heavy atom. The highest BCUT2D eigenvalue weighted by Crippen LogP contribution is 1.98. The molecule has 0 atom stereocenters. The number of unbranched alkanes of at least 4 members (excludes halogenated alkanes) is 1. The van der Waals surface area contributed by atoms with Gasteiger partial charge in [-0.05, 0) is 12.8 Å². The summed E-state index contributed by atoms with van der Waals surface area (Å²) in [7, 11) is 0. The smallest absolute Gasteiger partial charge is 0.303 e. The molecule has 0 bridgehead atoms.